The van der Waals surface area contributed by atoms with Crippen LogP contribution in [0.1, 0.15) is 11.1 Å². The van der Waals surface area contributed by atoms with Crippen molar-refractivity contribution < 1.29 is 9.90 Å². The fourth-order valence-electron chi connectivity index (χ4n) is 1.48. The lowest BCUT2D eigenvalue weighted by atomic mass is 10.0. The van der Waals surface area contributed by atoms with Gasteiger partial charge in [0.25, 0.3) is 0 Å². The molecule has 2 heterocycles. The van der Waals surface area contributed by atoms with E-state index in [4.69, 9.17) is 5.11 Å². The van der Waals surface area contributed by atoms with Gasteiger partial charge >= 0.3 is 5.97 Å². The third-order valence-electron chi connectivity index (χ3n) is 2.19. The molecule has 0 radical (unpaired) electrons. The van der Waals surface area contributed by atoms with Gasteiger partial charge in [-0.05, 0) is 11.1 Å². The van der Waals surface area contributed by atoms with Crippen LogP contribution in [0.5, 0.6) is 0 Å². The van der Waals surface area contributed by atoms with Crippen LogP contribution in [0.25, 0.3) is 0 Å². The highest BCUT2D eigenvalue weighted by atomic mass is 16.4. The molecule has 0 bridgehead atoms. The van der Waals surface area contributed by atoms with Crippen LogP contribution in [0, 0.1) is 0 Å². The molecular weight excluding hydrogens is 156 g/mol. The van der Waals surface area contributed by atoms with Gasteiger partial charge < -0.3 is 10.1 Å². The first kappa shape index (κ1) is 7.36. The number of carbonyl (C=O) groups is 1. The molecule has 1 atom stereocenters. The maximum absolute atomic E-state index is 10.6. The van der Waals surface area contributed by atoms with E-state index in [-0.39, 0.29) is 0 Å². The molecular formula is C8H10N2O2. The number of carboxylic acids is 1. The zero-order chi connectivity index (χ0) is 8.55. The van der Waals surface area contributed by atoms with Crippen LogP contribution < -0.4 is 5.32 Å². The van der Waals surface area contributed by atoms with E-state index in [0.29, 0.717) is 13.0 Å². The summed E-state index contributed by atoms with van der Waals surface area (Å²) in [5, 5.41) is 11.7. The number of fused-ring (bicyclic) bond motifs is 1. The van der Waals surface area contributed by atoms with E-state index in [1.54, 1.807) is 0 Å². The first-order valence-electron chi connectivity index (χ1n) is 3.88. The molecule has 1 aliphatic rings. The largest absolute Gasteiger partial charge is 0.480 e. The molecule has 12 heavy (non-hydrogen) atoms. The molecule has 1 aromatic heterocycles. The number of carboxylic acid groups (broad SMARTS) is 1. The molecule has 0 saturated carbocycles. The SMILES string of the molecule is O=C(O)C1Cc2c[nH]cc2CN1. The summed E-state index contributed by atoms with van der Waals surface area (Å²) in [7, 11) is 0. The topological polar surface area (TPSA) is 65.1 Å². The Hall–Kier alpha value is -1.29. The summed E-state index contributed by atoms with van der Waals surface area (Å²) in [6, 6.07) is -0.423. The maximum Gasteiger partial charge on any atom is 0.321 e. The van der Waals surface area contributed by atoms with Gasteiger partial charge in [-0.25, -0.2) is 0 Å². The Kier molecular flexibility index (Phi) is 1.62. The zero-order valence-electron chi connectivity index (χ0n) is 6.50. The number of aromatic amines is 1. The van der Waals surface area contributed by atoms with Crippen molar-refractivity contribution in [2.75, 3.05) is 0 Å². The van der Waals surface area contributed by atoms with Gasteiger partial charge in [-0.1, -0.05) is 0 Å². The average Bonchev–Trinajstić information content (AvgIpc) is 2.49. The Morgan fingerprint density at radius 2 is 2.25 bits per heavy atom. The van der Waals surface area contributed by atoms with Crippen LogP contribution in [0.15, 0.2) is 12.4 Å². The van der Waals surface area contributed by atoms with Gasteiger partial charge in [0.2, 0.25) is 0 Å². The molecule has 0 aromatic carbocycles. The van der Waals surface area contributed by atoms with Crippen LogP contribution in [0.2, 0.25) is 0 Å². The molecule has 4 nitrogen and oxygen atoms in total. The summed E-state index contributed by atoms with van der Waals surface area (Å²) < 4.78 is 0. The molecule has 0 spiro atoms. The Balaban J connectivity index is 2.20. The summed E-state index contributed by atoms with van der Waals surface area (Å²) in [4.78, 5) is 13.6. The molecule has 1 unspecified atom stereocenters. The number of H-pyrrole nitrogens is 1. The normalized spacial score (nSPS) is 21.8. The van der Waals surface area contributed by atoms with Crippen LogP contribution in [0.4, 0.5) is 0 Å². The van der Waals surface area contributed by atoms with Gasteiger partial charge in [-0.3, -0.25) is 10.1 Å². The second-order valence-electron chi connectivity index (χ2n) is 2.98. The predicted octanol–water partition coefficient (Wildman–Crippen LogP) is 0.114. The Morgan fingerprint density at radius 1 is 1.50 bits per heavy atom. The van der Waals surface area contributed by atoms with Gasteiger partial charge in [0, 0.05) is 25.4 Å². The second-order valence-corrected chi connectivity index (χ2v) is 2.98. The number of nitrogens with one attached hydrogen (secondary N) is 2. The number of hydrogen-bond donors (Lipinski definition) is 3. The van der Waals surface area contributed by atoms with E-state index in [1.165, 1.54) is 5.56 Å². The number of hydrogen-bond acceptors (Lipinski definition) is 2. The lowest BCUT2D eigenvalue weighted by molar-refractivity contribution is -0.139. The highest BCUT2D eigenvalue weighted by molar-refractivity contribution is 5.74. The van der Waals surface area contributed by atoms with Crippen LogP contribution in [0.3, 0.4) is 0 Å². The molecule has 4 heteroatoms. The monoisotopic (exact) mass is 166 g/mol. The molecule has 1 aromatic rings. The lowest BCUT2D eigenvalue weighted by Crippen LogP contribution is -2.41. The Bertz CT molecular complexity index is 306. The highest BCUT2D eigenvalue weighted by Gasteiger charge is 2.23. The molecule has 0 aliphatic carbocycles. The van der Waals surface area contributed by atoms with Crippen molar-refractivity contribution in [2.45, 2.75) is 19.0 Å². The average molecular weight is 166 g/mol. The van der Waals surface area contributed by atoms with Crippen LogP contribution >= 0.6 is 0 Å². The fourth-order valence-corrected chi connectivity index (χ4v) is 1.48. The number of aromatic nitrogens is 1. The fraction of sp³-hybridized carbons (Fsp3) is 0.375. The van der Waals surface area contributed by atoms with E-state index in [9.17, 15) is 4.79 Å². The third kappa shape index (κ3) is 1.10. The van der Waals surface area contributed by atoms with Crippen molar-refractivity contribution in [2.24, 2.45) is 0 Å². The summed E-state index contributed by atoms with van der Waals surface area (Å²) >= 11 is 0. The summed E-state index contributed by atoms with van der Waals surface area (Å²) in [6.07, 6.45) is 4.35. The maximum atomic E-state index is 10.6. The number of rotatable bonds is 1. The van der Waals surface area contributed by atoms with Crippen molar-refractivity contribution in [3.05, 3.63) is 23.5 Å². The first-order chi connectivity index (χ1) is 5.77. The number of aliphatic carboxylic acids is 1. The van der Waals surface area contributed by atoms with E-state index in [0.717, 1.165) is 5.56 Å². The third-order valence-corrected chi connectivity index (χ3v) is 2.19. The van der Waals surface area contributed by atoms with E-state index in [2.05, 4.69) is 10.3 Å². The van der Waals surface area contributed by atoms with E-state index in [1.807, 2.05) is 12.4 Å². The molecule has 2 rings (SSSR count). The minimum atomic E-state index is -0.776. The summed E-state index contributed by atoms with van der Waals surface area (Å²) in [5.74, 6) is -0.776. The second kappa shape index (κ2) is 2.64. The minimum absolute atomic E-state index is 0.423. The predicted molar refractivity (Wildman–Crippen MR) is 42.8 cm³/mol. The van der Waals surface area contributed by atoms with Crippen molar-refractivity contribution in [3.63, 3.8) is 0 Å². The Morgan fingerprint density at radius 3 is 3.00 bits per heavy atom. The van der Waals surface area contributed by atoms with Crippen molar-refractivity contribution in [3.8, 4) is 0 Å². The smallest absolute Gasteiger partial charge is 0.321 e. The van der Waals surface area contributed by atoms with Gasteiger partial charge in [-0.15, -0.1) is 0 Å². The molecule has 0 saturated heterocycles. The van der Waals surface area contributed by atoms with Crippen LogP contribution in [-0.2, 0) is 17.8 Å². The molecule has 3 N–H and O–H groups in total. The first-order valence-corrected chi connectivity index (χ1v) is 3.88. The molecule has 64 valence electrons. The van der Waals surface area contributed by atoms with E-state index < -0.39 is 12.0 Å². The minimum Gasteiger partial charge on any atom is -0.480 e. The summed E-state index contributed by atoms with van der Waals surface area (Å²) in [6.45, 7) is 0.649. The highest BCUT2D eigenvalue weighted by Crippen LogP contribution is 2.15. The quantitative estimate of drug-likeness (QED) is 0.555. The van der Waals surface area contributed by atoms with Gasteiger partial charge in [0.1, 0.15) is 6.04 Å². The molecule has 0 amide bonds. The summed E-state index contributed by atoms with van der Waals surface area (Å²) in [5.41, 5.74) is 2.29. The van der Waals surface area contributed by atoms with Gasteiger partial charge in [-0.2, -0.15) is 0 Å². The standard InChI is InChI=1S/C8H10N2O2/c11-8(12)7-1-5-2-9-3-6(5)4-10-7/h2-3,7,9-10H,1,4H2,(H,11,12). The van der Waals surface area contributed by atoms with Gasteiger partial charge in [0.05, 0.1) is 0 Å². The van der Waals surface area contributed by atoms with Gasteiger partial charge in [0.15, 0.2) is 0 Å². The van der Waals surface area contributed by atoms with Crippen molar-refractivity contribution >= 4 is 5.97 Å². The lowest BCUT2D eigenvalue weighted by Gasteiger charge is -2.19. The zero-order valence-corrected chi connectivity index (χ0v) is 6.50. The molecule has 0 fully saturated rings. The Labute approximate surface area is 69.6 Å². The van der Waals surface area contributed by atoms with Crippen molar-refractivity contribution in [1.82, 2.24) is 10.3 Å². The van der Waals surface area contributed by atoms with Crippen LogP contribution in [-0.4, -0.2) is 22.1 Å². The van der Waals surface area contributed by atoms with E-state index >= 15 is 0 Å². The van der Waals surface area contributed by atoms with Crippen molar-refractivity contribution in [1.29, 1.82) is 0 Å². The molecule has 1 aliphatic heterocycles.